The molecule has 5 nitrogen and oxygen atoms in total. The van der Waals surface area contributed by atoms with Crippen LogP contribution in [0.4, 0.5) is 0 Å². The van der Waals surface area contributed by atoms with Crippen LogP contribution in [0.1, 0.15) is 38.0 Å². The normalized spacial score (nSPS) is 15.0. The fraction of sp³-hybridized carbons (Fsp3) is 0.375. The highest BCUT2D eigenvalue weighted by atomic mass is 32.2. The summed E-state index contributed by atoms with van der Waals surface area (Å²) in [5.74, 6) is 0.549. The Morgan fingerprint density at radius 1 is 1.27 bits per heavy atom. The third-order valence-electron chi connectivity index (χ3n) is 3.49. The van der Waals surface area contributed by atoms with Crippen LogP contribution in [-0.4, -0.2) is 20.1 Å². The third-order valence-corrected chi connectivity index (χ3v) is 4.89. The van der Waals surface area contributed by atoms with Crippen molar-refractivity contribution in [2.75, 3.05) is 6.54 Å². The Morgan fingerprint density at radius 2 is 2.00 bits per heavy atom. The fourth-order valence-electron chi connectivity index (χ4n) is 2.03. The minimum absolute atomic E-state index is 0.172. The van der Waals surface area contributed by atoms with Crippen molar-refractivity contribution in [1.82, 2.24) is 4.72 Å². The first-order valence-corrected chi connectivity index (χ1v) is 8.57. The standard InChI is InChI=1S/C16H21NO4S/c1-12(2)13-6-4-7-14(10-13)22(19,20)17-11-16(3,18)15-8-5-9-21-15/h4-10,12,17-18H,11H2,1-3H3/t16-/m0/s1. The van der Waals surface area contributed by atoms with Crippen LogP contribution in [0.3, 0.4) is 0 Å². The molecule has 0 saturated heterocycles. The third kappa shape index (κ3) is 3.76. The van der Waals surface area contributed by atoms with Crippen LogP contribution in [0.25, 0.3) is 0 Å². The van der Waals surface area contributed by atoms with Gasteiger partial charge in [0.25, 0.3) is 0 Å². The van der Waals surface area contributed by atoms with Gasteiger partial charge in [-0.05, 0) is 42.7 Å². The number of aliphatic hydroxyl groups is 1. The van der Waals surface area contributed by atoms with Crippen LogP contribution in [-0.2, 0) is 15.6 Å². The number of hydrogen-bond acceptors (Lipinski definition) is 4. The molecule has 0 bridgehead atoms. The lowest BCUT2D eigenvalue weighted by atomic mass is 10.0. The fourth-order valence-corrected chi connectivity index (χ4v) is 3.22. The van der Waals surface area contributed by atoms with Crippen molar-refractivity contribution in [3.63, 3.8) is 0 Å². The van der Waals surface area contributed by atoms with Crippen LogP contribution in [0.15, 0.2) is 52.0 Å². The van der Waals surface area contributed by atoms with Gasteiger partial charge in [-0.15, -0.1) is 0 Å². The predicted molar refractivity (Wildman–Crippen MR) is 84.0 cm³/mol. The van der Waals surface area contributed by atoms with Gasteiger partial charge in [0.15, 0.2) is 0 Å². The topological polar surface area (TPSA) is 79.5 Å². The van der Waals surface area contributed by atoms with Gasteiger partial charge in [0.05, 0.1) is 11.2 Å². The highest BCUT2D eigenvalue weighted by Gasteiger charge is 2.28. The maximum absolute atomic E-state index is 12.4. The van der Waals surface area contributed by atoms with E-state index in [1.807, 2.05) is 19.9 Å². The Hall–Kier alpha value is -1.63. The van der Waals surface area contributed by atoms with E-state index in [1.54, 1.807) is 24.3 Å². The van der Waals surface area contributed by atoms with Gasteiger partial charge in [-0.25, -0.2) is 13.1 Å². The first-order chi connectivity index (χ1) is 10.2. The number of rotatable bonds is 6. The SMILES string of the molecule is CC(C)c1cccc(S(=O)(=O)NC[C@](C)(O)c2ccco2)c1. The van der Waals surface area contributed by atoms with Crippen LogP contribution >= 0.6 is 0 Å². The number of nitrogens with one attached hydrogen (secondary N) is 1. The van der Waals surface area contributed by atoms with E-state index in [2.05, 4.69) is 4.72 Å². The average molecular weight is 323 g/mol. The van der Waals surface area contributed by atoms with Gasteiger partial charge in [0.1, 0.15) is 11.4 Å². The molecule has 0 spiro atoms. The van der Waals surface area contributed by atoms with Gasteiger partial charge in [-0.3, -0.25) is 0 Å². The number of benzene rings is 1. The Bertz CT molecular complexity index is 718. The first kappa shape index (κ1) is 16.7. The van der Waals surface area contributed by atoms with E-state index in [9.17, 15) is 13.5 Å². The van der Waals surface area contributed by atoms with Crippen LogP contribution < -0.4 is 4.72 Å². The lowest BCUT2D eigenvalue weighted by Gasteiger charge is -2.21. The van der Waals surface area contributed by atoms with Crippen LogP contribution in [0.5, 0.6) is 0 Å². The van der Waals surface area contributed by atoms with Crippen molar-refractivity contribution >= 4 is 10.0 Å². The summed E-state index contributed by atoms with van der Waals surface area (Å²) in [5, 5.41) is 10.3. The minimum atomic E-state index is -3.69. The molecule has 0 aliphatic carbocycles. The van der Waals surface area contributed by atoms with E-state index in [0.717, 1.165) is 5.56 Å². The largest absolute Gasteiger partial charge is 0.466 e. The molecule has 0 radical (unpaired) electrons. The lowest BCUT2D eigenvalue weighted by molar-refractivity contribution is 0.0395. The van der Waals surface area contributed by atoms with Gasteiger partial charge < -0.3 is 9.52 Å². The summed E-state index contributed by atoms with van der Waals surface area (Å²) in [5.41, 5.74) is -0.465. The van der Waals surface area contributed by atoms with Gasteiger partial charge in [0.2, 0.25) is 10.0 Å². The molecule has 0 amide bonds. The molecule has 0 fully saturated rings. The molecule has 2 aromatic rings. The van der Waals surface area contributed by atoms with Crippen molar-refractivity contribution < 1.29 is 17.9 Å². The highest BCUT2D eigenvalue weighted by molar-refractivity contribution is 7.89. The summed E-state index contributed by atoms with van der Waals surface area (Å²) in [6, 6.07) is 10.0. The molecular formula is C16H21NO4S. The molecule has 22 heavy (non-hydrogen) atoms. The molecule has 0 aliphatic rings. The molecule has 1 atom stereocenters. The summed E-state index contributed by atoms with van der Waals surface area (Å²) in [6.07, 6.45) is 1.43. The van der Waals surface area contributed by atoms with E-state index < -0.39 is 15.6 Å². The molecule has 120 valence electrons. The zero-order valence-corrected chi connectivity index (χ0v) is 13.7. The highest BCUT2D eigenvalue weighted by Crippen LogP contribution is 2.22. The predicted octanol–water partition coefficient (Wildman–Crippen LogP) is 2.59. The van der Waals surface area contributed by atoms with Gasteiger partial charge in [0, 0.05) is 6.54 Å². The smallest absolute Gasteiger partial charge is 0.240 e. The zero-order chi connectivity index (χ0) is 16.4. The van der Waals surface area contributed by atoms with Crippen molar-refractivity contribution in [3.8, 4) is 0 Å². The summed E-state index contributed by atoms with van der Waals surface area (Å²) in [4.78, 5) is 0.189. The molecule has 2 rings (SSSR count). The summed E-state index contributed by atoms with van der Waals surface area (Å²) < 4.78 is 32.3. The van der Waals surface area contributed by atoms with Crippen molar-refractivity contribution in [2.45, 2.75) is 37.2 Å². The molecule has 2 N–H and O–H groups in total. The molecule has 0 saturated carbocycles. The Labute approximate surface area is 131 Å². The molecule has 0 unspecified atom stereocenters. The summed E-state index contributed by atoms with van der Waals surface area (Å²) in [7, 11) is -3.69. The molecule has 0 aliphatic heterocycles. The average Bonchev–Trinajstić information content (AvgIpc) is 3.01. The second-order valence-corrected chi connectivity index (χ2v) is 7.57. The quantitative estimate of drug-likeness (QED) is 0.856. The Kier molecular flexibility index (Phi) is 4.75. The zero-order valence-electron chi connectivity index (χ0n) is 12.9. The second kappa shape index (κ2) is 6.24. The summed E-state index contributed by atoms with van der Waals surface area (Å²) in [6.45, 7) is 5.33. The lowest BCUT2D eigenvalue weighted by Crippen LogP contribution is -2.38. The van der Waals surface area contributed by atoms with E-state index in [0.29, 0.717) is 5.76 Å². The van der Waals surface area contributed by atoms with Crippen molar-refractivity contribution in [3.05, 3.63) is 54.0 Å². The van der Waals surface area contributed by atoms with Crippen molar-refractivity contribution in [2.24, 2.45) is 0 Å². The van der Waals surface area contributed by atoms with Crippen LogP contribution in [0.2, 0.25) is 0 Å². The van der Waals surface area contributed by atoms with Gasteiger partial charge in [-0.1, -0.05) is 26.0 Å². The molecule has 1 aromatic heterocycles. The number of sulfonamides is 1. The molecule has 6 heteroatoms. The van der Waals surface area contributed by atoms with Gasteiger partial charge >= 0.3 is 0 Å². The summed E-state index contributed by atoms with van der Waals surface area (Å²) >= 11 is 0. The van der Waals surface area contributed by atoms with Gasteiger partial charge in [-0.2, -0.15) is 0 Å². The van der Waals surface area contributed by atoms with Crippen molar-refractivity contribution in [1.29, 1.82) is 0 Å². The molecular weight excluding hydrogens is 302 g/mol. The van der Waals surface area contributed by atoms with E-state index in [4.69, 9.17) is 4.42 Å². The maximum Gasteiger partial charge on any atom is 0.240 e. The minimum Gasteiger partial charge on any atom is -0.466 e. The molecule has 1 aromatic carbocycles. The van der Waals surface area contributed by atoms with Crippen LogP contribution in [0, 0.1) is 0 Å². The van der Waals surface area contributed by atoms with E-state index >= 15 is 0 Å². The number of furan rings is 1. The first-order valence-electron chi connectivity index (χ1n) is 7.08. The Balaban J connectivity index is 2.16. The monoisotopic (exact) mass is 323 g/mol. The number of hydrogen-bond donors (Lipinski definition) is 2. The maximum atomic E-state index is 12.4. The second-order valence-electron chi connectivity index (χ2n) is 5.80. The van der Waals surface area contributed by atoms with E-state index in [1.165, 1.54) is 19.3 Å². The Morgan fingerprint density at radius 3 is 2.59 bits per heavy atom. The van der Waals surface area contributed by atoms with E-state index in [-0.39, 0.29) is 17.4 Å². The molecule has 1 heterocycles.